The van der Waals surface area contributed by atoms with E-state index in [4.69, 9.17) is 0 Å². The highest BCUT2D eigenvalue weighted by Gasteiger charge is 2.38. The normalized spacial score (nSPS) is 20.0. The summed E-state index contributed by atoms with van der Waals surface area (Å²) >= 11 is 0. The topological polar surface area (TPSA) is 49.4 Å². The zero-order valence-corrected chi connectivity index (χ0v) is 15.1. The van der Waals surface area contributed by atoms with Gasteiger partial charge in [0.05, 0.1) is 12.3 Å². The number of benzene rings is 2. The van der Waals surface area contributed by atoms with Crippen LogP contribution in [0.3, 0.4) is 0 Å². The maximum Gasteiger partial charge on any atom is 0.232 e. The number of nitrogens with zero attached hydrogens (tertiary/aromatic N) is 1. The molecule has 1 saturated heterocycles. The minimum Gasteiger partial charge on any atom is -0.342 e. The Morgan fingerprint density at radius 1 is 1.08 bits per heavy atom. The third-order valence-corrected chi connectivity index (χ3v) is 5.80. The number of amides is 2. The van der Waals surface area contributed by atoms with Crippen LogP contribution in [0.25, 0.3) is 0 Å². The van der Waals surface area contributed by atoms with E-state index in [0.717, 1.165) is 48.3 Å². The summed E-state index contributed by atoms with van der Waals surface area (Å²) in [5.41, 5.74) is 4.32. The van der Waals surface area contributed by atoms with E-state index < -0.39 is 0 Å². The summed E-state index contributed by atoms with van der Waals surface area (Å²) in [4.78, 5) is 27.0. The van der Waals surface area contributed by atoms with E-state index >= 15 is 0 Å². The Hall–Kier alpha value is -2.62. The SMILES string of the molecule is Cc1ccccc1CC(=O)N1CCC(C2C(=O)Nc3ccccc32)CC1. The molecule has 1 atom stereocenters. The van der Waals surface area contributed by atoms with Crippen LogP contribution in [-0.2, 0) is 16.0 Å². The number of carbonyl (C=O) groups excluding carboxylic acids is 2. The predicted molar refractivity (Wildman–Crippen MR) is 102 cm³/mol. The molecule has 1 N–H and O–H groups in total. The Balaban J connectivity index is 1.39. The van der Waals surface area contributed by atoms with Crippen molar-refractivity contribution in [3.05, 3.63) is 65.2 Å². The van der Waals surface area contributed by atoms with Crippen LogP contribution in [0.4, 0.5) is 5.69 Å². The van der Waals surface area contributed by atoms with E-state index in [1.165, 1.54) is 0 Å². The van der Waals surface area contributed by atoms with Crippen LogP contribution < -0.4 is 5.32 Å². The highest BCUT2D eigenvalue weighted by atomic mass is 16.2. The number of fused-ring (bicyclic) bond motifs is 1. The summed E-state index contributed by atoms with van der Waals surface area (Å²) < 4.78 is 0. The molecule has 134 valence electrons. The lowest BCUT2D eigenvalue weighted by molar-refractivity contribution is -0.132. The first-order valence-electron chi connectivity index (χ1n) is 9.35. The Labute approximate surface area is 154 Å². The van der Waals surface area contributed by atoms with E-state index in [0.29, 0.717) is 12.3 Å². The molecule has 4 nitrogen and oxygen atoms in total. The Morgan fingerprint density at radius 3 is 2.54 bits per heavy atom. The van der Waals surface area contributed by atoms with Crippen molar-refractivity contribution in [3.8, 4) is 0 Å². The summed E-state index contributed by atoms with van der Waals surface area (Å²) in [6, 6.07) is 16.0. The molecule has 0 saturated carbocycles. The maximum absolute atomic E-state index is 12.7. The molecule has 26 heavy (non-hydrogen) atoms. The van der Waals surface area contributed by atoms with E-state index in [9.17, 15) is 9.59 Å². The molecule has 1 unspecified atom stereocenters. The van der Waals surface area contributed by atoms with Gasteiger partial charge >= 0.3 is 0 Å². The van der Waals surface area contributed by atoms with E-state index in [1.807, 2.05) is 60.4 Å². The minimum atomic E-state index is -0.0696. The lowest BCUT2D eigenvalue weighted by Crippen LogP contribution is -2.41. The third-order valence-electron chi connectivity index (χ3n) is 5.80. The second-order valence-electron chi connectivity index (χ2n) is 7.38. The maximum atomic E-state index is 12.7. The van der Waals surface area contributed by atoms with E-state index in [1.54, 1.807) is 0 Å². The molecule has 2 aromatic carbocycles. The van der Waals surface area contributed by atoms with E-state index in [-0.39, 0.29) is 17.7 Å². The predicted octanol–water partition coefficient (Wildman–Crippen LogP) is 3.51. The third kappa shape index (κ3) is 3.12. The Bertz CT molecular complexity index is 838. The molecular formula is C22H24N2O2. The zero-order chi connectivity index (χ0) is 18.1. The summed E-state index contributed by atoms with van der Waals surface area (Å²) in [5.74, 6) is 0.533. The minimum absolute atomic E-state index is 0.0696. The summed E-state index contributed by atoms with van der Waals surface area (Å²) in [6.07, 6.45) is 2.22. The molecule has 1 fully saturated rings. The van der Waals surface area contributed by atoms with Crippen LogP contribution in [0.5, 0.6) is 0 Å². The number of para-hydroxylation sites is 1. The molecule has 2 heterocycles. The van der Waals surface area contributed by atoms with Crippen LogP contribution in [0.2, 0.25) is 0 Å². The molecule has 2 aliphatic rings. The van der Waals surface area contributed by atoms with Crippen molar-refractivity contribution in [1.82, 2.24) is 4.90 Å². The van der Waals surface area contributed by atoms with Crippen LogP contribution in [0.1, 0.15) is 35.4 Å². The van der Waals surface area contributed by atoms with Gasteiger partial charge < -0.3 is 10.2 Å². The molecule has 0 radical (unpaired) electrons. The molecule has 2 aliphatic heterocycles. The van der Waals surface area contributed by atoms with Crippen molar-refractivity contribution in [2.45, 2.75) is 32.1 Å². The average molecular weight is 348 g/mol. The first-order chi connectivity index (χ1) is 12.6. The molecule has 2 amide bonds. The van der Waals surface area contributed by atoms with Crippen molar-refractivity contribution in [1.29, 1.82) is 0 Å². The molecule has 0 aromatic heterocycles. The molecular weight excluding hydrogens is 324 g/mol. The van der Waals surface area contributed by atoms with Crippen molar-refractivity contribution in [2.24, 2.45) is 5.92 Å². The van der Waals surface area contributed by atoms with Gasteiger partial charge in [0.1, 0.15) is 0 Å². The summed E-state index contributed by atoms with van der Waals surface area (Å²) in [5, 5.41) is 3.00. The number of nitrogens with one attached hydrogen (secondary N) is 1. The Morgan fingerprint density at radius 2 is 1.77 bits per heavy atom. The molecule has 0 spiro atoms. The van der Waals surface area contributed by atoms with Crippen molar-refractivity contribution < 1.29 is 9.59 Å². The first-order valence-corrected chi connectivity index (χ1v) is 9.35. The Kier molecular flexibility index (Phi) is 4.49. The number of aryl methyl sites for hydroxylation is 1. The van der Waals surface area contributed by atoms with Gasteiger partial charge in [0.25, 0.3) is 0 Å². The smallest absolute Gasteiger partial charge is 0.232 e. The summed E-state index contributed by atoms with van der Waals surface area (Å²) in [7, 11) is 0. The molecule has 0 bridgehead atoms. The van der Waals surface area contributed by atoms with Gasteiger partial charge in [-0.25, -0.2) is 0 Å². The van der Waals surface area contributed by atoms with Gasteiger partial charge in [-0.05, 0) is 48.4 Å². The van der Waals surface area contributed by atoms with Crippen LogP contribution in [-0.4, -0.2) is 29.8 Å². The molecule has 4 rings (SSSR count). The number of likely N-dealkylation sites (tertiary alicyclic amines) is 1. The number of piperidine rings is 1. The van der Waals surface area contributed by atoms with Gasteiger partial charge in [0.15, 0.2) is 0 Å². The lowest BCUT2D eigenvalue weighted by Gasteiger charge is -2.34. The van der Waals surface area contributed by atoms with Gasteiger partial charge in [0, 0.05) is 18.8 Å². The first kappa shape index (κ1) is 16.8. The standard InChI is InChI=1S/C22H24N2O2/c1-15-6-2-3-7-17(15)14-20(25)24-12-10-16(11-13-24)21-18-8-4-5-9-19(18)23-22(21)26/h2-9,16,21H,10-14H2,1H3,(H,23,26). The monoisotopic (exact) mass is 348 g/mol. The molecule has 2 aromatic rings. The highest BCUT2D eigenvalue weighted by molar-refractivity contribution is 6.03. The van der Waals surface area contributed by atoms with E-state index in [2.05, 4.69) is 5.32 Å². The fraction of sp³-hybridized carbons (Fsp3) is 0.364. The number of hydrogen-bond donors (Lipinski definition) is 1. The van der Waals surface area contributed by atoms with Crippen LogP contribution >= 0.6 is 0 Å². The number of rotatable bonds is 3. The van der Waals surface area contributed by atoms with Crippen molar-refractivity contribution in [2.75, 3.05) is 18.4 Å². The second kappa shape index (κ2) is 6.94. The molecule has 0 aliphatic carbocycles. The van der Waals surface area contributed by atoms with Gasteiger partial charge in [-0.1, -0.05) is 42.5 Å². The fourth-order valence-corrected chi connectivity index (χ4v) is 4.27. The number of hydrogen-bond acceptors (Lipinski definition) is 2. The fourth-order valence-electron chi connectivity index (χ4n) is 4.27. The van der Waals surface area contributed by atoms with Crippen molar-refractivity contribution >= 4 is 17.5 Å². The largest absolute Gasteiger partial charge is 0.342 e. The number of carbonyl (C=O) groups is 2. The van der Waals surface area contributed by atoms with Gasteiger partial charge in [-0.2, -0.15) is 0 Å². The van der Waals surface area contributed by atoms with Gasteiger partial charge in [-0.15, -0.1) is 0 Å². The second-order valence-corrected chi connectivity index (χ2v) is 7.38. The number of anilines is 1. The van der Waals surface area contributed by atoms with Gasteiger partial charge in [-0.3, -0.25) is 9.59 Å². The molecule has 4 heteroatoms. The van der Waals surface area contributed by atoms with Crippen LogP contribution in [0, 0.1) is 12.8 Å². The van der Waals surface area contributed by atoms with Crippen molar-refractivity contribution in [3.63, 3.8) is 0 Å². The lowest BCUT2D eigenvalue weighted by atomic mass is 9.80. The quantitative estimate of drug-likeness (QED) is 0.923. The average Bonchev–Trinajstić information content (AvgIpc) is 2.99. The van der Waals surface area contributed by atoms with Gasteiger partial charge in [0.2, 0.25) is 11.8 Å². The highest BCUT2D eigenvalue weighted by Crippen LogP contribution is 2.41. The summed E-state index contributed by atoms with van der Waals surface area (Å²) in [6.45, 7) is 3.52. The van der Waals surface area contributed by atoms with Crippen LogP contribution in [0.15, 0.2) is 48.5 Å². The zero-order valence-electron chi connectivity index (χ0n) is 15.1.